The van der Waals surface area contributed by atoms with Gasteiger partial charge >= 0.3 is 0 Å². The molecule has 4 nitrogen and oxygen atoms in total. The summed E-state index contributed by atoms with van der Waals surface area (Å²) in [6.45, 7) is 3.13. The highest BCUT2D eigenvalue weighted by atomic mass is 32.1. The van der Waals surface area contributed by atoms with Crippen LogP contribution in [-0.4, -0.2) is 40.3 Å². The van der Waals surface area contributed by atoms with E-state index in [-0.39, 0.29) is 11.9 Å². The van der Waals surface area contributed by atoms with Crippen LogP contribution in [0.2, 0.25) is 0 Å². The fourth-order valence-corrected chi connectivity index (χ4v) is 6.09. The van der Waals surface area contributed by atoms with Gasteiger partial charge in [-0.2, -0.15) is 0 Å². The lowest BCUT2D eigenvalue weighted by molar-refractivity contribution is -0.133. The van der Waals surface area contributed by atoms with E-state index < -0.39 is 0 Å². The molecule has 1 unspecified atom stereocenters. The molecule has 0 bridgehead atoms. The van der Waals surface area contributed by atoms with Crippen LogP contribution in [-0.2, 0) is 17.8 Å². The third kappa shape index (κ3) is 2.96. The summed E-state index contributed by atoms with van der Waals surface area (Å²) in [4.78, 5) is 23.6. The predicted octanol–water partition coefficient (Wildman–Crippen LogP) is 4.08. The first-order chi connectivity index (χ1) is 12.8. The minimum absolute atomic E-state index is 0.259. The van der Waals surface area contributed by atoms with Gasteiger partial charge in [0.25, 0.3) is 0 Å². The van der Waals surface area contributed by atoms with Crippen molar-refractivity contribution in [3.05, 3.63) is 51.2 Å². The van der Waals surface area contributed by atoms with Crippen molar-refractivity contribution >= 4 is 38.8 Å². The Morgan fingerprint density at radius 1 is 1.23 bits per heavy atom. The van der Waals surface area contributed by atoms with E-state index in [0.717, 1.165) is 49.4 Å². The molecule has 1 amide bonds. The summed E-state index contributed by atoms with van der Waals surface area (Å²) in [6, 6.07) is 10.8. The smallest absolute Gasteiger partial charge is 0.237 e. The van der Waals surface area contributed by atoms with Crippen LogP contribution in [0.1, 0.15) is 34.3 Å². The van der Waals surface area contributed by atoms with E-state index in [9.17, 15) is 4.79 Å². The lowest BCUT2D eigenvalue weighted by Crippen LogP contribution is -2.42. The number of thiazole rings is 1. The monoisotopic (exact) mass is 383 g/mol. The topological polar surface area (TPSA) is 36.4 Å². The van der Waals surface area contributed by atoms with Crippen molar-refractivity contribution in [3.63, 3.8) is 0 Å². The third-order valence-corrected chi connectivity index (χ3v) is 7.62. The van der Waals surface area contributed by atoms with E-state index >= 15 is 0 Å². The zero-order valence-corrected chi connectivity index (χ0v) is 16.2. The Balaban J connectivity index is 1.31. The molecular weight excluding hydrogens is 362 g/mol. The van der Waals surface area contributed by atoms with Crippen molar-refractivity contribution in [2.45, 2.75) is 31.8 Å². The quantitative estimate of drug-likeness (QED) is 0.684. The van der Waals surface area contributed by atoms with Gasteiger partial charge in [-0.15, -0.1) is 22.7 Å². The van der Waals surface area contributed by atoms with Crippen molar-refractivity contribution in [1.29, 1.82) is 0 Å². The summed E-state index contributed by atoms with van der Waals surface area (Å²) in [7, 11) is 0. The van der Waals surface area contributed by atoms with Crippen molar-refractivity contribution in [2.24, 2.45) is 0 Å². The number of benzene rings is 1. The van der Waals surface area contributed by atoms with Gasteiger partial charge in [0.05, 0.1) is 22.8 Å². The average molecular weight is 384 g/mol. The van der Waals surface area contributed by atoms with Gasteiger partial charge in [-0.3, -0.25) is 9.69 Å². The minimum Gasteiger partial charge on any atom is -0.337 e. The van der Waals surface area contributed by atoms with Crippen LogP contribution in [0, 0.1) is 0 Å². The molecule has 3 aromatic rings. The van der Waals surface area contributed by atoms with E-state index in [0.29, 0.717) is 6.54 Å². The van der Waals surface area contributed by atoms with Gasteiger partial charge in [0.1, 0.15) is 5.01 Å². The van der Waals surface area contributed by atoms with E-state index in [1.54, 1.807) is 11.3 Å². The molecule has 2 aliphatic rings. The van der Waals surface area contributed by atoms with Crippen LogP contribution in [0.5, 0.6) is 0 Å². The normalized spacial score (nSPS) is 20.6. The Labute approximate surface area is 161 Å². The van der Waals surface area contributed by atoms with Crippen molar-refractivity contribution in [1.82, 2.24) is 14.8 Å². The van der Waals surface area contributed by atoms with E-state index in [2.05, 4.69) is 34.5 Å². The molecule has 0 aliphatic carbocycles. The highest BCUT2D eigenvalue weighted by Gasteiger charge is 2.32. The minimum atomic E-state index is 0.259. The number of carbonyl (C=O) groups is 1. The molecule has 1 atom stereocenters. The maximum Gasteiger partial charge on any atom is 0.237 e. The van der Waals surface area contributed by atoms with Crippen LogP contribution >= 0.6 is 22.7 Å². The molecule has 2 aliphatic heterocycles. The first-order valence-corrected chi connectivity index (χ1v) is 10.9. The first kappa shape index (κ1) is 16.4. The van der Waals surface area contributed by atoms with Gasteiger partial charge in [-0.25, -0.2) is 4.98 Å². The number of amides is 1. The molecule has 4 heterocycles. The molecule has 26 heavy (non-hydrogen) atoms. The van der Waals surface area contributed by atoms with Crippen LogP contribution in [0.4, 0.5) is 0 Å². The number of para-hydroxylation sites is 1. The molecule has 134 valence electrons. The van der Waals surface area contributed by atoms with Crippen LogP contribution in [0.3, 0.4) is 0 Å². The number of nitrogens with zero attached hydrogens (tertiary/aromatic N) is 3. The van der Waals surface area contributed by atoms with Gasteiger partial charge in [0.15, 0.2) is 0 Å². The van der Waals surface area contributed by atoms with Crippen molar-refractivity contribution in [2.75, 3.05) is 19.6 Å². The van der Waals surface area contributed by atoms with Crippen LogP contribution < -0.4 is 0 Å². The number of carbonyl (C=O) groups excluding carboxylic acids is 1. The molecule has 0 radical (unpaired) electrons. The fraction of sp³-hybridized carbons (Fsp3) is 0.400. The number of likely N-dealkylation sites (tertiary alicyclic amines) is 1. The molecule has 0 spiro atoms. The molecule has 6 heteroatoms. The molecular formula is C20H21N3OS2. The maximum absolute atomic E-state index is 12.9. The highest BCUT2D eigenvalue weighted by Crippen LogP contribution is 2.36. The van der Waals surface area contributed by atoms with Gasteiger partial charge in [0, 0.05) is 18.0 Å². The summed E-state index contributed by atoms with van der Waals surface area (Å²) in [5.41, 5.74) is 2.41. The first-order valence-electron chi connectivity index (χ1n) is 9.20. The Hall–Kier alpha value is -1.76. The fourth-order valence-electron chi connectivity index (χ4n) is 4.06. The number of aromatic nitrogens is 1. The summed E-state index contributed by atoms with van der Waals surface area (Å²) >= 11 is 3.59. The zero-order valence-electron chi connectivity index (χ0n) is 14.6. The van der Waals surface area contributed by atoms with Gasteiger partial charge < -0.3 is 4.90 Å². The second-order valence-electron chi connectivity index (χ2n) is 7.08. The van der Waals surface area contributed by atoms with Crippen molar-refractivity contribution < 1.29 is 4.79 Å². The molecule has 0 N–H and O–H groups in total. The molecule has 0 saturated carbocycles. The maximum atomic E-state index is 12.9. The van der Waals surface area contributed by atoms with Gasteiger partial charge in [0.2, 0.25) is 5.91 Å². The standard InChI is InChI=1S/C20H21N3OS2/c24-19(23-10-7-17-14(12-23)8-11-25-17)13-22-9-3-5-16(22)20-21-15-4-1-2-6-18(15)26-20/h1-2,4,6,8,11,16H,3,5,7,9-10,12-13H2. The Kier molecular flexibility index (Phi) is 4.27. The molecule has 1 aromatic carbocycles. The number of fused-ring (bicyclic) bond motifs is 2. The van der Waals surface area contributed by atoms with Gasteiger partial charge in [-0.1, -0.05) is 12.1 Å². The number of thiophene rings is 1. The van der Waals surface area contributed by atoms with Crippen LogP contribution in [0.15, 0.2) is 35.7 Å². The second-order valence-corrected chi connectivity index (χ2v) is 9.15. The van der Waals surface area contributed by atoms with Gasteiger partial charge in [-0.05, 0) is 54.9 Å². The average Bonchev–Trinajstić information content (AvgIpc) is 3.39. The molecule has 1 saturated heterocycles. The Bertz CT molecular complexity index is 914. The summed E-state index contributed by atoms with van der Waals surface area (Å²) in [5.74, 6) is 0.259. The number of hydrogen-bond donors (Lipinski definition) is 0. The van der Waals surface area contributed by atoms with Crippen LogP contribution in [0.25, 0.3) is 10.2 Å². The summed E-state index contributed by atoms with van der Waals surface area (Å²) in [6.07, 6.45) is 3.24. The lowest BCUT2D eigenvalue weighted by atomic mass is 10.1. The van der Waals surface area contributed by atoms with E-state index in [4.69, 9.17) is 4.98 Å². The van der Waals surface area contributed by atoms with E-state index in [1.165, 1.54) is 15.1 Å². The summed E-state index contributed by atoms with van der Waals surface area (Å²) < 4.78 is 1.24. The van der Waals surface area contributed by atoms with Crippen molar-refractivity contribution in [3.8, 4) is 0 Å². The SMILES string of the molecule is O=C(CN1CCCC1c1nc2ccccc2s1)N1CCc2sccc2C1. The third-order valence-electron chi connectivity index (χ3n) is 5.46. The highest BCUT2D eigenvalue weighted by molar-refractivity contribution is 7.18. The van der Waals surface area contributed by atoms with E-state index in [1.807, 2.05) is 22.3 Å². The Morgan fingerprint density at radius 3 is 3.08 bits per heavy atom. The molecule has 1 fully saturated rings. The largest absolute Gasteiger partial charge is 0.337 e. The second kappa shape index (κ2) is 6.76. The Morgan fingerprint density at radius 2 is 2.15 bits per heavy atom. The molecule has 5 rings (SSSR count). The lowest BCUT2D eigenvalue weighted by Gasteiger charge is -2.30. The predicted molar refractivity (Wildman–Crippen MR) is 107 cm³/mol. The molecule has 2 aromatic heterocycles. The number of rotatable bonds is 3. The zero-order chi connectivity index (χ0) is 17.5. The summed E-state index contributed by atoms with van der Waals surface area (Å²) in [5, 5.41) is 3.30. The number of hydrogen-bond acceptors (Lipinski definition) is 5.